The number of benzene rings is 1. The van der Waals surface area contributed by atoms with Gasteiger partial charge in [-0.2, -0.15) is 0 Å². The predicted octanol–water partition coefficient (Wildman–Crippen LogP) is 1.68. The number of ketones is 2. The van der Waals surface area contributed by atoms with Gasteiger partial charge >= 0.3 is 5.97 Å². The Hall–Kier alpha value is -2.89. The molecule has 108 valence electrons. The topological polar surface area (TPSA) is 111 Å². The number of carboxylic acids is 1. The molecule has 2 rings (SSSR count). The summed E-state index contributed by atoms with van der Waals surface area (Å²) in [6, 6.07) is 8.77. The second-order valence-corrected chi connectivity index (χ2v) is 4.57. The van der Waals surface area contributed by atoms with Crippen LogP contribution in [0.1, 0.15) is 28.1 Å². The highest BCUT2D eigenvalue weighted by Crippen LogP contribution is 2.16. The van der Waals surface area contributed by atoms with E-state index in [1.165, 1.54) is 12.3 Å². The lowest BCUT2D eigenvalue weighted by atomic mass is 10.1. The second-order valence-electron chi connectivity index (χ2n) is 4.57. The van der Waals surface area contributed by atoms with Crippen LogP contribution >= 0.6 is 0 Å². The molecular weight excluding hydrogens is 274 g/mol. The van der Waals surface area contributed by atoms with E-state index in [4.69, 9.17) is 15.3 Å². The molecule has 0 aliphatic heterocycles. The van der Waals surface area contributed by atoms with Gasteiger partial charge in [0.25, 0.3) is 0 Å². The standard InChI is InChI=1S/C15H13NO5/c16-11-3-1-9(2-4-11)5-10-6-14(21-8-10)12(17)7-13(18)15(19)20/h1-4,6,8H,5,7,16H2,(H,19,20). The molecule has 6 nitrogen and oxygen atoms in total. The molecule has 3 N–H and O–H groups in total. The molecule has 1 aromatic heterocycles. The average Bonchev–Trinajstić information content (AvgIpc) is 2.90. The maximum atomic E-state index is 11.7. The molecule has 0 spiro atoms. The molecule has 0 saturated heterocycles. The minimum absolute atomic E-state index is 0.0185. The molecule has 0 fully saturated rings. The van der Waals surface area contributed by atoms with Crippen molar-refractivity contribution in [3.63, 3.8) is 0 Å². The van der Waals surface area contributed by atoms with Gasteiger partial charge in [-0.05, 0) is 29.3 Å². The number of furan rings is 1. The number of nitrogen functional groups attached to an aromatic ring is 1. The van der Waals surface area contributed by atoms with Crippen LogP contribution in [0.2, 0.25) is 0 Å². The van der Waals surface area contributed by atoms with Crippen molar-refractivity contribution in [3.05, 3.63) is 53.5 Å². The van der Waals surface area contributed by atoms with Crippen molar-refractivity contribution in [2.75, 3.05) is 5.73 Å². The first-order chi connectivity index (χ1) is 9.95. The maximum Gasteiger partial charge on any atom is 0.372 e. The molecule has 0 unspecified atom stereocenters. The summed E-state index contributed by atoms with van der Waals surface area (Å²) in [7, 11) is 0. The summed E-state index contributed by atoms with van der Waals surface area (Å²) in [6.45, 7) is 0. The number of carbonyl (C=O) groups excluding carboxylic acids is 2. The Labute approximate surface area is 120 Å². The molecular formula is C15H13NO5. The van der Waals surface area contributed by atoms with Crippen molar-refractivity contribution < 1.29 is 23.9 Å². The maximum absolute atomic E-state index is 11.7. The minimum Gasteiger partial charge on any atom is -0.475 e. The van der Waals surface area contributed by atoms with Gasteiger partial charge in [-0.25, -0.2) is 4.79 Å². The molecule has 1 heterocycles. The number of hydrogen-bond acceptors (Lipinski definition) is 5. The van der Waals surface area contributed by atoms with E-state index in [9.17, 15) is 14.4 Å². The SMILES string of the molecule is Nc1ccc(Cc2coc(C(=O)CC(=O)C(=O)O)c2)cc1. The number of carbonyl (C=O) groups is 3. The third-order valence-electron chi connectivity index (χ3n) is 2.88. The van der Waals surface area contributed by atoms with E-state index >= 15 is 0 Å². The minimum atomic E-state index is -1.63. The van der Waals surface area contributed by atoms with Crippen molar-refractivity contribution in [2.45, 2.75) is 12.8 Å². The second kappa shape index (κ2) is 6.04. The van der Waals surface area contributed by atoms with Crippen LogP contribution in [0.25, 0.3) is 0 Å². The fraction of sp³-hybridized carbons (Fsp3) is 0.133. The van der Waals surface area contributed by atoms with Crippen molar-refractivity contribution in [2.24, 2.45) is 0 Å². The predicted molar refractivity (Wildman–Crippen MR) is 74.0 cm³/mol. The fourth-order valence-electron chi connectivity index (χ4n) is 1.79. The zero-order valence-electron chi connectivity index (χ0n) is 11.0. The first kappa shape index (κ1) is 14.5. The van der Waals surface area contributed by atoms with Crippen LogP contribution in [0, 0.1) is 0 Å². The number of hydrogen-bond donors (Lipinski definition) is 2. The van der Waals surface area contributed by atoms with E-state index in [0.717, 1.165) is 11.1 Å². The van der Waals surface area contributed by atoms with Crippen LogP contribution in [0.15, 0.2) is 41.0 Å². The van der Waals surface area contributed by atoms with Gasteiger partial charge in [-0.15, -0.1) is 0 Å². The average molecular weight is 287 g/mol. The zero-order chi connectivity index (χ0) is 15.4. The Morgan fingerprint density at radius 3 is 2.38 bits per heavy atom. The van der Waals surface area contributed by atoms with E-state index in [1.54, 1.807) is 12.1 Å². The summed E-state index contributed by atoms with van der Waals surface area (Å²) in [4.78, 5) is 33.1. The van der Waals surface area contributed by atoms with Gasteiger partial charge in [0.2, 0.25) is 11.6 Å². The monoisotopic (exact) mass is 287 g/mol. The van der Waals surface area contributed by atoms with Crippen LogP contribution in [0.4, 0.5) is 5.69 Å². The van der Waals surface area contributed by atoms with Gasteiger partial charge < -0.3 is 15.3 Å². The number of nitrogens with two attached hydrogens (primary N) is 1. The molecule has 0 bridgehead atoms. The molecule has 2 aromatic rings. The molecule has 0 atom stereocenters. The van der Waals surface area contributed by atoms with Gasteiger partial charge in [0.1, 0.15) is 0 Å². The summed E-state index contributed by atoms with van der Waals surface area (Å²) in [6.07, 6.45) is 1.25. The molecule has 0 amide bonds. The third-order valence-corrected chi connectivity index (χ3v) is 2.88. The molecule has 0 saturated carbocycles. The first-order valence-electron chi connectivity index (χ1n) is 6.17. The highest BCUT2D eigenvalue weighted by Gasteiger charge is 2.20. The fourth-order valence-corrected chi connectivity index (χ4v) is 1.79. The van der Waals surface area contributed by atoms with Crippen LogP contribution in [-0.2, 0) is 16.0 Å². The Bertz CT molecular complexity index is 684. The lowest BCUT2D eigenvalue weighted by molar-refractivity contribution is -0.148. The lowest BCUT2D eigenvalue weighted by Gasteiger charge is -1.98. The van der Waals surface area contributed by atoms with Gasteiger partial charge in [0.15, 0.2) is 5.76 Å². The highest BCUT2D eigenvalue weighted by atomic mass is 16.4. The van der Waals surface area contributed by atoms with Crippen molar-refractivity contribution >= 4 is 23.2 Å². The summed E-state index contributed by atoms with van der Waals surface area (Å²) in [5.41, 5.74) is 8.00. The summed E-state index contributed by atoms with van der Waals surface area (Å²) >= 11 is 0. The van der Waals surface area contributed by atoms with Crippen LogP contribution in [0.5, 0.6) is 0 Å². The van der Waals surface area contributed by atoms with Crippen LogP contribution in [-0.4, -0.2) is 22.6 Å². The number of rotatable bonds is 6. The van der Waals surface area contributed by atoms with Gasteiger partial charge in [0.05, 0.1) is 12.7 Å². The summed E-state index contributed by atoms with van der Waals surface area (Å²) < 4.78 is 5.08. The van der Waals surface area contributed by atoms with Gasteiger partial charge in [-0.3, -0.25) is 9.59 Å². The first-order valence-corrected chi connectivity index (χ1v) is 6.17. The van der Waals surface area contributed by atoms with Gasteiger partial charge in [0, 0.05) is 12.1 Å². The highest BCUT2D eigenvalue weighted by molar-refractivity contribution is 6.37. The van der Waals surface area contributed by atoms with E-state index in [2.05, 4.69) is 0 Å². The summed E-state index contributed by atoms with van der Waals surface area (Å²) in [5.74, 6) is -3.45. The van der Waals surface area contributed by atoms with Crippen LogP contribution in [0.3, 0.4) is 0 Å². The van der Waals surface area contributed by atoms with Gasteiger partial charge in [-0.1, -0.05) is 12.1 Å². The quantitative estimate of drug-likeness (QED) is 0.362. The molecule has 1 aromatic carbocycles. The molecule has 0 aliphatic rings. The lowest BCUT2D eigenvalue weighted by Crippen LogP contribution is -2.16. The van der Waals surface area contributed by atoms with E-state index in [-0.39, 0.29) is 5.76 Å². The Kier molecular flexibility index (Phi) is 4.18. The Balaban J connectivity index is 2.04. The largest absolute Gasteiger partial charge is 0.475 e. The molecule has 0 radical (unpaired) electrons. The molecule has 6 heteroatoms. The van der Waals surface area contributed by atoms with Crippen molar-refractivity contribution in [3.8, 4) is 0 Å². The Morgan fingerprint density at radius 1 is 1.10 bits per heavy atom. The normalized spacial score (nSPS) is 10.3. The number of anilines is 1. The number of aliphatic carboxylic acids is 1. The summed E-state index contributed by atoms with van der Waals surface area (Å²) in [5, 5.41) is 8.46. The third kappa shape index (κ3) is 3.79. The molecule has 21 heavy (non-hydrogen) atoms. The molecule has 0 aliphatic carbocycles. The van der Waals surface area contributed by atoms with Crippen LogP contribution < -0.4 is 5.73 Å². The van der Waals surface area contributed by atoms with Crippen molar-refractivity contribution in [1.82, 2.24) is 0 Å². The van der Waals surface area contributed by atoms with Crippen molar-refractivity contribution in [1.29, 1.82) is 0 Å². The number of Topliss-reactive ketones (excluding diaryl/α,β-unsaturated/α-hetero) is 2. The zero-order valence-corrected chi connectivity index (χ0v) is 11.0. The van der Waals surface area contributed by atoms with E-state index in [1.807, 2.05) is 12.1 Å². The number of carboxylic acid groups (broad SMARTS) is 1. The van der Waals surface area contributed by atoms with E-state index in [0.29, 0.717) is 12.1 Å². The van der Waals surface area contributed by atoms with E-state index < -0.39 is 24.0 Å². The Morgan fingerprint density at radius 2 is 1.76 bits per heavy atom. The smallest absolute Gasteiger partial charge is 0.372 e.